The zero-order valence-corrected chi connectivity index (χ0v) is 16.1. The van der Waals surface area contributed by atoms with E-state index in [1.807, 2.05) is 43.0 Å². The number of piperidine rings is 1. The summed E-state index contributed by atoms with van der Waals surface area (Å²) in [4.78, 5) is 26.5. The van der Waals surface area contributed by atoms with Crippen molar-refractivity contribution in [1.82, 2.24) is 10.2 Å². The topological polar surface area (TPSA) is 58.6 Å². The Morgan fingerprint density at radius 2 is 1.96 bits per heavy atom. The van der Waals surface area contributed by atoms with Crippen molar-refractivity contribution in [3.05, 3.63) is 35.4 Å². The molecule has 2 rings (SSSR count). The largest absolute Gasteiger partial charge is 0.382 e. The van der Waals surface area contributed by atoms with Crippen LogP contribution in [0.2, 0.25) is 0 Å². The first kappa shape index (κ1) is 20.4. The highest BCUT2D eigenvalue weighted by Crippen LogP contribution is 2.23. The van der Waals surface area contributed by atoms with Gasteiger partial charge in [-0.25, -0.2) is 0 Å². The van der Waals surface area contributed by atoms with E-state index in [9.17, 15) is 9.59 Å². The average molecular weight is 360 g/mol. The zero-order chi connectivity index (χ0) is 18.8. The third-order valence-electron chi connectivity index (χ3n) is 5.05. The van der Waals surface area contributed by atoms with Crippen LogP contribution in [0, 0.1) is 12.8 Å². The normalized spacial score (nSPS) is 15.1. The van der Waals surface area contributed by atoms with Gasteiger partial charge in [0, 0.05) is 44.8 Å². The number of amides is 2. The molecule has 5 nitrogen and oxygen atoms in total. The second kappa shape index (κ2) is 11.0. The molecule has 1 heterocycles. The molecule has 1 aromatic rings. The maximum absolute atomic E-state index is 12.6. The molecule has 0 atom stereocenters. The zero-order valence-electron chi connectivity index (χ0n) is 16.1. The molecule has 0 radical (unpaired) electrons. The third-order valence-corrected chi connectivity index (χ3v) is 5.05. The maximum atomic E-state index is 12.6. The molecule has 1 saturated heterocycles. The van der Waals surface area contributed by atoms with Crippen LogP contribution in [-0.4, -0.2) is 49.6 Å². The number of benzene rings is 1. The first-order valence-corrected chi connectivity index (χ1v) is 9.81. The molecular formula is C21H32N2O3. The van der Waals surface area contributed by atoms with E-state index in [1.165, 1.54) is 0 Å². The number of aryl methyl sites for hydroxylation is 1. The van der Waals surface area contributed by atoms with E-state index in [0.29, 0.717) is 25.5 Å². The smallest absolute Gasteiger partial charge is 0.254 e. The molecule has 5 heteroatoms. The number of rotatable bonds is 9. The van der Waals surface area contributed by atoms with Crippen LogP contribution < -0.4 is 5.32 Å². The number of nitrogens with zero attached hydrogens (tertiary/aromatic N) is 1. The summed E-state index contributed by atoms with van der Waals surface area (Å²) in [5, 5.41) is 2.95. The second-order valence-electron chi connectivity index (χ2n) is 6.99. The summed E-state index contributed by atoms with van der Waals surface area (Å²) in [5.74, 6) is 0.790. The number of hydrogen-bond donors (Lipinski definition) is 1. The SMILES string of the molecule is CCOCCCNC(=O)CCC1CCN(C(=O)c2ccccc2C)CC1. The van der Waals surface area contributed by atoms with E-state index in [-0.39, 0.29) is 11.8 Å². The highest BCUT2D eigenvalue weighted by molar-refractivity contribution is 5.95. The molecule has 1 fully saturated rings. The van der Waals surface area contributed by atoms with Gasteiger partial charge in [-0.15, -0.1) is 0 Å². The quantitative estimate of drug-likeness (QED) is 0.688. The maximum Gasteiger partial charge on any atom is 0.254 e. The number of ether oxygens (including phenoxy) is 1. The average Bonchev–Trinajstić information content (AvgIpc) is 2.66. The van der Waals surface area contributed by atoms with Crippen LogP contribution in [0.15, 0.2) is 24.3 Å². The lowest BCUT2D eigenvalue weighted by atomic mass is 9.91. The highest BCUT2D eigenvalue weighted by Gasteiger charge is 2.24. The van der Waals surface area contributed by atoms with E-state index in [2.05, 4.69) is 5.32 Å². The van der Waals surface area contributed by atoms with Gasteiger partial charge >= 0.3 is 0 Å². The Labute approximate surface area is 157 Å². The fraction of sp³-hybridized carbons (Fsp3) is 0.619. The molecular weight excluding hydrogens is 328 g/mol. The molecule has 1 aromatic carbocycles. The summed E-state index contributed by atoms with van der Waals surface area (Å²) in [5.41, 5.74) is 1.83. The van der Waals surface area contributed by atoms with Crippen LogP contribution in [0.5, 0.6) is 0 Å². The van der Waals surface area contributed by atoms with Crippen LogP contribution >= 0.6 is 0 Å². The van der Waals surface area contributed by atoms with E-state index in [4.69, 9.17) is 4.74 Å². The van der Waals surface area contributed by atoms with Crippen LogP contribution in [-0.2, 0) is 9.53 Å². The van der Waals surface area contributed by atoms with Crippen molar-refractivity contribution in [3.63, 3.8) is 0 Å². The van der Waals surface area contributed by atoms with Gasteiger partial charge in [-0.1, -0.05) is 18.2 Å². The molecule has 1 aliphatic heterocycles. The summed E-state index contributed by atoms with van der Waals surface area (Å²) in [6, 6.07) is 7.76. The first-order valence-electron chi connectivity index (χ1n) is 9.81. The van der Waals surface area contributed by atoms with Crippen molar-refractivity contribution in [2.24, 2.45) is 5.92 Å². The number of carbonyl (C=O) groups is 2. The summed E-state index contributed by atoms with van der Waals surface area (Å²) in [7, 11) is 0. The monoisotopic (exact) mass is 360 g/mol. The van der Waals surface area contributed by atoms with E-state index in [0.717, 1.165) is 56.5 Å². The molecule has 0 bridgehead atoms. The number of nitrogens with one attached hydrogen (secondary N) is 1. The fourth-order valence-corrected chi connectivity index (χ4v) is 3.38. The summed E-state index contributed by atoms with van der Waals surface area (Å²) >= 11 is 0. The number of carbonyl (C=O) groups excluding carboxylic acids is 2. The Morgan fingerprint density at radius 3 is 2.65 bits per heavy atom. The number of hydrogen-bond acceptors (Lipinski definition) is 3. The van der Waals surface area contributed by atoms with Gasteiger partial charge in [-0.2, -0.15) is 0 Å². The van der Waals surface area contributed by atoms with E-state index in [1.54, 1.807) is 0 Å². The van der Waals surface area contributed by atoms with Crippen LogP contribution in [0.3, 0.4) is 0 Å². The van der Waals surface area contributed by atoms with Gasteiger partial charge in [0.05, 0.1) is 0 Å². The van der Waals surface area contributed by atoms with Crippen molar-refractivity contribution in [2.45, 2.75) is 46.0 Å². The minimum atomic E-state index is 0.125. The standard InChI is InChI=1S/C21H32N2O3/c1-3-26-16-6-13-22-20(24)10-9-18-11-14-23(15-12-18)21(25)19-8-5-4-7-17(19)2/h4-5,7-8,18H,3,6,9-16H2,1-2H3,(H,22,24). The molecule has 1 N–H and O–H groups in total. The summed E-state index contributed by atoms with van der Waals surface area (Å²) < 4.78 is 5.26. The van der Waals surface area contributed by atoms with Gasteiger partial charge in [0.25, 0.3) is 5.91 Å². The Hall–Kier alpha value is -1.88. The minimum Gasteiger partial charge on any atom is -0.382 e. The van der Waals surface area contributed by atoms with Gasteiger partial charge in [-0.05, 0) is 57.1 Å². The fourth-order valence-electron chi connectivity index (χ4n) is 3.38. The third kappa shape index (κ3) is 6.45. The molecule has 1 aliphatic rings. The van der Waals surface area contributed by atoms with Crippen LogP contribution in [0.1, 0.15) is 54.9 Å². The summed E-state index contributed by atoms with van der Waals surface area (Å²) in [6.07, 6.45) is 4.30. The van der Waals surface area contributed by atoms with Gasteiger partial charge in [0.1, 0.15) is 0 Å². The minimum absolute atomic E-state index is 0.125. The Morgan fingerprint density at radius 1 is 1.23 bits per heavy atom. The van der Waals surface area contributed by atoms with Crippen molar-refractivity contribution in [1.29, 1.82) is 0 Å². The second-order valence-corrected chi connectivity index (χ2v) is 6.99. The van der Waals surface area contributed by atoms with Crippen molar-refractivity contribution in [2.75, 3.05) is 32.8 Å². The van der Waals surface area contributed by atoms with Gasteiger partial charge in [-0.3, -0.25) is 9.59 Å². The predicted molar refractivity (Wildman–Crippen MR) is 103 cm³/mol. The van der Waals surface area contributed by atoms with E-state index < -0.39 is 0 Å². The van der Waals surface area contributed by atoms with Crippen LogP contribution in [0.25, 0.3) is 0 Å². The molecule has 0 aromatic heterocycles. The van der Waals surface area contributed by atoms with Crippen molar-refractivity contribution in [3.8, 4) is 0 Å². The van der Waals surface area contributed by atoms with Crippen molar-refractivity contribution >= 4 is 11.8 Å². The van der Waals surface area contributed by atoms with Crippen molar-refractivity contribution < 1.29 is 14.3 Å². The predicted octanol–water partition coefficient (Wildman–Crippen LogP) is 3.17. The molecule has 0 spiro atoms. The van der Waals surface area contributed by atoms with E-state index >= 15 is 0 Å². The summed E-state index contributed by atoms with van der Waals surface area (Å²) in [6.45, 7) is 7.62. The lowest BCUT2D eigenvalue weighted by Crippen LogP contribution is -2.39. The molecule has 0 saturated carbocycles. The lowest BCUT2D eigenvalue weighted by molar-refractivity contribution is -0.121. The Bertz CT molecular complexity index is 580. The van der Waals surface area contributed by atoms with Crippen LogP contribution in [0.4, 0.5) is 0 Å². The highest BCUT2D eigenvalue weighted by atomic mass is 16.5. The number of likely N-dealkylation sites (tertiary alicyclic amines) is 1. The molecule has 144 valence electrons. The Kier molecular flexibility index (Phi) is 8.62. The molecule has 0 aliphatic carbocycles. The molecule has 0 unspecified atom stereocenters. The Balaban J connectivity index is 1.65. The first-order chi connectivity index (χ1) is 12.6. The van der Waals surface area contributed by atoms with Gasteiger partial charge < -0.3 is 15.0 Å². The van der Waals surface area contributed by atoms with Gasteiger partial charge in [0.15, 0.2) is 0 Å². The molecule has 26 heavy (non-hydrogen) atoms. The lowest BCUT2D eigenvalue weighted by Gasteiger charge is -2.32. The molecule has 2 amide bonds. The van der Waals surface area contributed by atoms with Gasteiger partial charge in [0.2, 0.25) is 5.91 Å².